The smallest absolute Gasteiger partial charge is 0.274 e. The van der Waals surface area contributed by atoms with Gasteiger partial charge in [-0.15, -0.1) is 0 Å². The summed E-state index contributed by atoms with van der Waals surface area (Å²) in [4.78, 5) is 21.4. The number of nitro groups is 1. The Labute approximate surface area is 112 Å². The van der Waals surface area contributed by atoms with Gasteiger partial charge in [0.2, 0.25) is 0 Å². The Hall–Kier alpha value is -2.12. The molecular weight excluding hydrogens is 277 g/mol. The van der Waals surface area contributed by atoms with Gasteiger partial charge in [0.05, 0.1) is 29.1 Å². The summed E-state index contributed by atoms with van der Waals surface area (Å²) in [5, 5.41) is 10.5. The number of anilines is 1. The molecule has 20 heavy (non-hydrogen) atoms. The molecule has 1 unspecified atom stereocenters. The van der Waals surface area contributed by atoms with Gasteiger partial charge in [0.15, 0.2) is 5.82 Å². The van der Waals surface area contributed by atoms with Crippen LogP contribution >= 0.6 is 0 Å². The number of nitro benzene ring substituents is 1. The molecule has 0 radical (unpaired) electrons. The molecule has 8 heteroatoms. The van der Waals surface area contributed by atoms with Crippen molar-refractivity contribution in [2.75, 3.05) is 18.0 Å². The van der Waals surface area contributed by atoms with E-state index in [1.54, 1.807) is 0 Å². The molecule has 0 bridgehead atoms. The predicted molar refractivity (Wildman–Crippen MR) is 64.4 cm³/mol. The van der Waals surface area contributed by atoms with Crippen molar-refractivity contribution in [1.82, 2.24) is 0 Å². The molecule has 1 heterocycles. The Kier molecular flexibility index (Phi) is 3.65. The molecule has 1 atom stereocenters. The maximum Gasteiger partial charge on any atom is 0.274 e. The number of hydrogen-bond donors (Lipinski definition) is 0. The molecule has 0 amide bonds. The topological polar surface area (TPSA) is 63.5 Å². The second-order valence-corrected chi connectivity index (χ2v) is 4.61. The lowest BCUT2D eigenvalue weighted by molar-refractivity contribution is -0.385. The van der Waals surface area contributed by atoms with E-state index in [2.05, 4.69) is 0 Å². The van der Waals surface area contributed by atoms with E-state index in [9.17, 15) is 28.1 Å². The van der Waals surface area contributed by atoms with Crippen LogP contribution in [0.5, 0.6) is 0 Å². The lowest BCUT2D eigenvalue weighted by Crippen LogP contribution is -2.49. The zero-order valence-corrected chi connectivity index (χ0v) is 10.3. The number of piperidine rings is 1. The van der Waals surface area contributed by atoms with Gasteiger partial charge in [-0.05, 0) is 12.5 Å². The molecule has 108 valence electrons. The quantitative estimate of drug-likeness (QED) is 0.486. The van der Waals surface area contributed by atoms with Crippen LogP contribution in [0.15, 0.2) is 18.2 Å². The molecule has 2 rings (SSSR count). The van der Waals surface area contributed by atoms with Crippen molar-refractivity contribution < 1.29 is 22.9 Å². The van der Waals surface area contributed by atoms with E-state index in [-0.39, 0.29) is 24.9 Å². The van der Waals surface area contributed by atoms with Crippen molar-refractivity contribution in [3.05, 3.63) is 34.1 Å². The van der Waals surface area contributed by atoms with Crippen LogP contribution in [0.25, 0.3) is 0 Å². The van der Waals surface area contributed by atoms with Crippen molar-refractivity contribution in [3.8, 4) is 0 Å². The molecule has 0 spiro atoms. The first-order valence-electron chi connectivity index (χ1n) is 5.87. The minimum absolute atomic E-state index is 0.0903. The van der Waals surface area contributed by atoms with Crippen molar-refractivity contribution >= 4 is 17.7 Å². The first kappa shape index (κ1) is 14.3. The zero-order valence-electron chi connectivity index (χ0n) is 10.3. The van der Waals surface area contributed by atoms with Gasteiger partial charge in [0.25, 0.3) is 11.6 Å². The van der Waals surface area contributed by atoms with Crippen LogP contribution < -0.4 is 4.90 Å². The van der Waals surface area contributed by atoms with Gasteiger partial charge in [-0.3, -0.25) is 10.1 Å². The third-order valence-electron chi connectivity index (χ3n) is 3.30. The highest BCUT2D eigenvalue weighted by Crippen LogP contribution is 2.35. The van der Waals surface area contributed by atoms with Gasteiger partial charge in [0.1, 0.15) is 6.29 Å². The molecule has 1 aromatic carbocycles. The zero-order chi connectivity index (χ0) is 14.9. The molecule has 5 nitrogen and oxygen atoms in total. The number of carbonyl (C=O) groups is 1. The highest BCUT2D eigenvalue weighted by Gasteiger charge is 2.45. The highest BCUT2D eigenvalue weighted by atomic mass is 19.3. The summed E-state index contributed by atoms with van der Waals surface area (Å²) < 4.78 is 41.0. The minimum atomic E-state index is -3.24. The van der Waals surface area contributed by atoms with E-state index < -0.39 is 34.8 Å². The fourth-order valence-electron chi connectivity index (χ4n) is 2.20. The third-order valence-corrected chi connectivity index (χ3v) is 3.30. The van der Waals surface area contributed by atoms with Crippen LogP contribution in [0.1, 0.15) is 6.42 Å². The number of benzene rings is 1. The maximum atomic E-state index is 13.8. The predicted octanol–water partition coefficient (Wildman–Crippen LogP) is 2.39. The number of rotatable bonds is 3. The summed E-state index contributed by atoms with van der Waals surface area (Å²) in [7, 11) is 0. The standard InChI is InChI=1S/C12H11F3N2O3/c13-10-5-9(17(19)20)1-2-11(10)16-4-3-8(6-18)12(14,15)7-16/h1-2,5-6,8H,3-4,7H2. The van der Waals surface area contributed by atoms with Crippen LogP contribution in [-0.4, -0.2) is 30.2 Å². The fourth-order valence-corrected chi connectivity index (χ4v) is 2.20. The second kappa shape index (κ2) is 5.10. The first-order chi connectivity index (χ1) is 9.35. The molecule has 1 aliphatic heterocycles. The van der Waals surface area contributed by atoms with E-state index in [1.807, 2.05) is 0 Å². The Morgan fingerprint density at radius 2 is 2.15 bits per heavy atom. The monoisotopic (exact) mass is 288 g/mol. The third kappa shape index (κ3) is 2.59. The van der Waals surface area contributed by atoms with E-state index in [4.69, 9.17) is 0 Å². The molecule has 1 fully saturated rings. The molecule has 0 aliphatic carbocycles. The highest BCUT2D eigenvalue weighted by molar-refractivity contribution is 5.58. The Morgan fingerprint density at radius 1 is 1.45 bits per heavy atom. The van der Waals surface area contributed by atoms with E-state index in [0.717, 1.165) is 17.0 Å². The van der Waals surface area contributed by atoms with Crippen LogP contribution in [0.2, 0.25) is 0 Å². The normalized spacial score (nSPS) is 21.6. The van der Waals surface area contributed by atoms with Crippen LogP contribution in [0.4, 0.5) is 24.5 Å². The van der Waals surface area contributed by atoms with Gasteiger partial charge in [-0.25, -0.2) is 13.2 Å². The number of hydrogen-bond acceptors (Lipinski definition) is 4. The van der Waals surface area contributed by atoms with Crippen molar-refractivity contribution in [2.45, 2.75) is 12.3 Å². The average molecular weight is 288 g/mol. The first-order valence-corrected chi connectivity index (χ1v) is 5.87. The van der Waals surface area contributed by atoms with E-state index in [1.165, 1.54) is 0 Å². The number of carbonyl (C=O) groups excluding carboxylic acids is 1. The number of non-ortho nitro benzene ring substituents is 1. The van der Waals surface area contributed by atoms with Crippen LogP contribution in [0.3, 0.4) is 0 Å². The number of aldehydes is 1. The summed E-state index contributed by atoms with van der Waals surface area (Å²) >= 11 is 0. The second-order valence-electron chi connectivity index (χ2n) is 4.61. The van der Waals surface area contributed by atoms with Crippen LogP contribution in [0, 0.1) is 21.8 Å². The number of nitrogens with zero attached hydrogens (tertiary/aromatic N) is 2. The van der Waals surface area contributed by atoms with Crippen molar-refractivity contribution in [1.29, 1.82) is 0 Å². The molecule has 0 saturated carbocycles. The van der Waals surface area contributed by atoms with E-state index in [0.29, 0.717) is 6.07 Å². The molecule has 0 aromatic heterocycles. The van der Waals surface area contributed by atoms with Gasteiger partial charge in [-0.2, -0.15) is 0 Å². The molecule has 0 N–H and O–H groups in total. The average Bonchev–Trinajstić information content (AvgIpc) is 2.37. The Morgan fingerprint density at radius 3 is 2.65 bits per heavy atom. The number of halogens is 3. The van der Waals surface area contributed by atoms with Gasteiger partial charge in [0, 0.05) is 12.6 Å². The maximum absolute atomic E-state index is 13.8. The molecule has 1 aliphatic rings. The van der Waals surface area contributed by atoms with E-state index >= 15 is 0 Å². The van der Waals surface area contributed by atoms with Crippen molar-refractivity contribution in [3.63, 3.8) is 0 Å². The van der Waals surface area contributed by atoms with Crippen molar-refractivity contribution in [2.24, 2.45) is 5.92 Å². The summed E-state index contributed by atoms with van der Waals surface area (Å²) in [6.45, 7) is -0.696. The fraction of sp³-hybridized carbons (Fsp3) is 0.417. The number of alkyl halides is 2. The van der Waals surface area contributed by atoms with Gasteiger partial charge >= 0.3 is 0 Å². The summed E-state index contributed by atoms with van der Waals surface area (Å²) in [5.74, 6) is -5.55. The summed E-state index contributed by atoms with van der Waals surface area (Å²) in [6, 6.07) is 2.85. The lowest BCUT2D eigenvalue weighted by Gasteiger charge is -2.37. The largest absolute Gasteiger partial charge is 0.363 e. The summed E-state index contributed by atoms with van der Waals surface area (Å²) in [5.41, 5.74) is -0.569. The SMILES string of the molecule is O=CC1CCN(c2ccc([N+](=O)[O-])cc2F)CC1(F)F. The lowest BCUT2D eigenvalue weighted by atomic mass is 9.94. The van der Waals surface area contributed by atoms with Gasteiger partial charge in [-0.1, -0.05) is 0 Å². The Balaban J connectivity index is 2.25. The molecular formula is C12H11F3N2O3. The Bertz CT molecular complexity index is 551. The van der Waals surface area contributed by atoms with Crippen LogP contribution in [-0.2, 0) is 4.79 Å². The summed E-state index contributed by atoms with van der Waals surface area (Å²) in [6.07, 6.45) is 0.121. The molecule has 1 saturated heterocycles. The molecule has 1 aromatic rings. The minimum Gasteiger partial charge on any atom is -0.363 e. The van der Waals surface area contributed by atoms with Gasteiger partial charge < -0.3 is 9.69 Å².